The summed E-state index contributed by atoms with van der Waals surface area (Å²) in [4.78, 5) is 4.31. The van der Waals surface area contributed by atoms with Crippen LogP contribution in [-0.4, -0.2) is 0 Å². The molecule has 4 heteroatoms. The molecule has 4 heavy (non-hydrogen) atoms. The highest BCUT2D eigenvalue weighted by Gasteiger charge is 1.55. The van der Waals surface area contributed by atoms with Crippen molar-refractivity contribution >= 4 is 12.8 Å². The standard InChI is InChI=1S/HNO2S/c2-3-1-4/h1H. The number of rotatable bonds is 1. The molecule has 0 rings (SSSR count). The van der Waals surface area contributed by atoms with Crippen molar-refractivity contribution in [2.45, 2.75) is 0 Å². The van der Waals surface area contributed by atoms with E-state index in [1.54, 1.807) is 0 Å². The quantitative estimate of drug-likeness (QED) is 0.354. The Morgan fingerprint density at radius 1 is 2.00 bits per heavy atom. The molecule has 2 radical (unpaired) electrons. The molecule has 0 aliphatic carbocycles. The zero-order valence-corrected chi connectivity index (χ0v) is 2.54. The van der Waals surface area contributed by atoms with E-state index in [4.69, 9.17) is 5.26 Å². The lowest BCUT2D eigenvalue weighted by Gasteiger charge is -1.69. The second kappa shape index (κ2) is 3.23. The largest absolute Gasteiger partial charge is 0.0978 e. The van der Waals surface area contributed by atoms with Gasteiger partial charge >= 0.3 is 0 Å². The molecule has 0 atom stereocenters. The fourth-order valence-corrected chi connectivity index (χ4v) is 0. The molecular weight excluding hydrogens is 78.1 g/mol. The maximum atomic E-state index is 8.58. The van der Waals surface area contributed by atoms with Crippen LogP contribution in [0.25, 0.3) is 0 Å². The van der Waals surface area contributed by atoms with Crippen molar-refractivity contribution in [3.05, 3.63) is 0 Å². The molecular formula is HNO2S. The zero-order valence-electron chi connectivity index (χ0n) is 1.72. The summed E-state index contributed by atoms with van der Waals surface area (Å²) in [5.74, 6) is 0. The lowest BCUT2D eigenvalue weighted by atomic mass is 13.5. The van der Waals surface area contributed by atoms with Gasteiger partial charge < -0.3 is 0 Å². The van der Waals surface area contributed by atoms with Crippen LogP contribution in [0.15, 0.2) is 0 Å². The lowest BCUT2D eigenvalue weighted by Crippen LogP contribution is -1.89. The van der Waals surface area contributed by atoms with E-state index >= 15 is 0 Å². The average molecular weight is 79.1 g/mol. The van der Waals surface area contributed by atoms with Gasteiger partial charge in [0.2, 0.25) is 0 Å². The third-order valence-corrected chi connectivity index (χ3v) is 0.102. The number of hydrogen-bond donors (Lipinski definition) is 1. The maximum Gasteiger partial charge on any atom is 0.0364 e. The van der Waals surface area contributed by atoms with Crippen LogP contribution in [0.1, 0.15) is 0 Å². The predicted octanol–water partition coefficient (Wildman–Crippen LogP) is -0.0344. The van der Waals surface area contributed by atoms with E-state index in [0.717, 1.165) is 0 Å². The van der Waals surface area contributed by atoms with Crippen molar-refractivity contribution in [2.75, 3.05) is 0 Å². The molecule has 0 saturated heterocycles. The molecule has 3 nitrogen and oxygen atoms in total. The van der Waals surface area contributed by atoms with E-state index in [9.17, 15) is 0 Å². The second-order valence-corrected chi connectivity index (χ2v) is 0.333. The van der Waals surface area contributed by atoms with E-state index in [2.05, 4.69) is 17.8 Å². The second-order valence-electron chi connectivity index (χ2n) is 0.167. The maximum absolute atomic E-state index is 8.58. The van der Waals surface area contributed by atoms with Crippen LogP contribution in [-0.2, 0) is 10.2 Å². The van der Waals surface area contributed by atoms with E-state index in [1.807, 2.05) is 0 Å². The molecule has 0 bridgehead atoms. The molecule has 0 heterocycles. The molecule has 0 amide bonds. The third-order valence-electron chi connectivity index (χ3n) is 0.0340. The Balaban J connectivity index is 1.97. The third kappa shape index (κ3) is 2.23. The smallest absolute Gasteiger partial charge is 0.0364 e. The minimum absolute atomic E-state index is 1.46. The van der Waals surface area contributed by atoms with Crippen LogP contribution in [0.5, 0.6) is 0 Å². The van der Waals surface area contributed by atoms with Gasteiger partial charge in [0.15, 0.2) is 0 Å². The van der Waals surface area contributed by atoms with Gasteiger partial charge in [0, 0.05) is 12.8 Å². The van der Waals surface area contributed by atoms with Gasteiger partial charge in [-0.05, 0) is 5.26 Å². The lowest BCUT2D eigenvalue weighted by molar-refractivity contribution is -0.325. The molecule has 0 aromatic heterocycles. The van der Waals surface area contributed by atoms with Gasteiger partial charge in [-0.2, -0.15) is 0 Å². The van der Waals surface area contributed by atoms with Gasteiger partial charge in [-0.1, -0.05) is 9.87 Å². The van der Waals surface area contributed by atoms with Crippen molar-refractivity contribution < 1.29 is 10.2 Å². The van der Waals surface area contributed by atoms with Crippen molar-refractivity contribution in [1.29, 1.82) is 0 Å². The highest BCUT2D eigenvalue weighted by Crippen LogP contribution is 1.51. The summed E-state index contributed by atoms with van der Waals surface area (Å²) < 4.78 is 0. The normalized spacial score (nSPS) is 7.50. The average Bonchev–Trinajstić information content (AvgIpc) is 1.37. The summed E-state index contributed by atoms with van der Waals surface area (Å²) in [6.45, 7) is 0. The van der Waals surface area contributed by atoms with Gasteiger partial charge in [0.25, 0.3) is 0 Å². The van der Waals surface area contributed by atoms with Crippen molar-refractivity contribution in [3.8, 4) is 0 Å². The molecule has 0 aromatic rings. The van der Waals surface area contributed by atoms with Crippen molar-refractivity contribution in [2.24, 2.45) is 0 Å². The van der Waals surface area contributed by atoms with Crippen molar-refractivity contribution in [3.63, 3.8) is 0 Å². The summed E-state index contributed by atoms with van der Waals surface area (Å²) >= 11 is 3.77. The SMILES string of the molecule is [O]ON[S]. The fraction of sp³-hybridized carbons (Fsp3) is 0. The Hall–Kier alpha value is 0.230. The zero-order chi connectivity index (χ0) is 3.41. The molecule has 0 aromatic carbocycles. The Morgan fingerprint density at radius 3 is 2.25 bits per heavy atom. The molecule has 0 saturated carbocycles. The number of nitrogens with one attached hydrogen (secondary N) is 1. The first-order valence-electron chi connectivity index (χ1n) is 0.575. The summed E-state index contributed by atoms with van der Waals surface area (Å²) in [7, 11) is 0. The molecule has 0 unspecified atom stereocenters. The van der Waals surface area contributed by atoms with E-state index in [-0.39, 0.29) is 0 Å². The van der Waals surface area contributed by atoms with E-state index in [1.165, 1.54) is 4.89 Å². The molecule has 0 aliphatic rings. The predicted molar refractivity (Wildman–Crippen MR) is 12.5 cm³/mol. The number of hydrogen-bond acceptors (Lipinski definition) is 2. The van der Waals surface area contributed by atoms with Crippen LogP contribution < -0.4 is 4.89 Å². The fourth-order valence-electron chi connectivity index (χ4n) is 0. The van der Waals surface area contributed by atoms with Gasteiger partial charge in [0.05, 0.1) is 0 Å². The van der Waals surface area contributed by atoms with Crippen molar-refractivity contribution in [1.82, 2.24) is 4.89 Å². The van der Waals surface area contributed by atoms with Crippen LogP contribution >= 0.6 is 12.8 Å². The van der Waals surface area contributed by atoms with Crippen LogP contribution in [0.4, 0.5) is 0 Å². The first-order valence-corrected chi connectivity index (χ1v) is 0.983. The first kappa shape index (κ1) is 4.23. The highest BCUT2D eigenvalue weighted by atomic mass is 32.1. The van der Waals surface area contributed by atoms with Gasteiger partial charge in [0.1, 0.15) is 0 Å². The minimum atomic E-state index is 1.46. The van der Waals surface area contributed by atoms with Crippen LogP contribution in [0.2, 0.25) is 0 Å². The summed E-state index contributed by atoms with van der Waals surface area (Å²) in [5.41, 5.74) is 0. The first-order chi connectivity index (χ1) is 1.91. The Kier molecular flexibility index (Phi) is 3.42. The van der Waals surface area contributed by atoms with E-state index in [0.29, 0.717) is 0 Å². The Bertz CT molecular complexity index is 8.00. The Labute approximate surface area is 29.0 Å². The van der Waals surface area contributed by atoms with Crippen LogP contribution in [0.3, 0.4) is 0 Å². The summed E-state index contributed by atoms with van der Waals surface area (Å²) in [6.07, 6.45) is 0. The molecule has 0 fully saturated rings. The molecule has 1 N–H and O–H groups in total. The van der Waals surface area contributed by atoms with Gasteiger partial charge in [-0.3, -0.25) is 0 Å². The monoisotopic (exact) mass is 79.0 g/mol. The molecule has 0 spiro atoms. The van der Waals surface area contributed by atoms with Gasteiger partial charge in [-0.25, -0.2) is 0 Å². The van der Waals surface area contributed by atoms with Crippen LogP contribution in [0, 0.1) is 0 Å². The highest BCUT2D eigenvalue weighted by molar-refractivity contribution is 7.77. The topological polar surface area (TPSA) is 41.2 Å². The minimum Gasteiger partial charge on any atom is -0.0978 e. The Morgan fingerprint density at radius 2 is 2.25 bits per heavy atom. The van der Waals surface area contributed by atoms with Gasteiger partial charge in [-0.15, -0.1) is 0 Å². The molecule has 24 valence electrons. The summed E-state index contributed by atoms with van der Waals surface area (Å²) in [5, 5.41) is 8.58. The van der Waals surface area contributed by atoms with E-state index < -0.39 is 0 Å². The summed E-state index contributed by atoms with van der Waals surface area (Å²) in [6, 6.07) is 0. The molecule has 0 aliphatic heterocycles.